The van der Waals surface area contributed by atoms with Crippen LogP contribution in [0, 0.1) is 5.82 Å². The number of hydrogen-bond donors (Lipinski definition) is 1. The van der Waals surface area contributed by atoms with E-state index in [1.54, 1.807) is 0 Å². The zero-order valence-electron chi connectivity index (χ0n) is 7.93. The van der Waals surface area contributed by atoms with E-state index in [2.05, 4.69) is 4.74 Å². The lowest BCUT2D eigenvalue weighted by Crippen LogP contribution is -2.26. The molecule has 0 aromatic heterocycles. The van der Waals surface area contributed by atoms with Crippen molar-refractivity contribution in [1.82, 2.24) is 0 Å². The van der Waals surface area contributed by atoms with Crippen LogP contribution >= 0.6 is 11.6 Å². The van der Waals surface area contributed by atoms with E-state index in [4.69, 9.17) is 16.7 Å². The van der Waals surface area contributed by atoms with Crippen LogP contribution in [-0.2, 0) is 10.7 Å². The Kier molecular flexibility index (Phi) is 3.32. The third kappa shape index (κ3) is 2.06. The number of ether oxygens (including phenoxy) is 1. The molecule has 0 aliphatic rings. The number of benzene rings is 1. The maximum atomic E-state index is 13.2. The van der Waals surface area contributed by atoms with E-state index in [1.807, 2.05) is 0 Å². The van der Waals surface area contributed by atoms with Gasteiger partial charge in [-0.25, -0.2) is 9.18 Å². The molecule has 0 bridgehead atoms. The summed E-state index contributed by atoms with van der Waals surface area (Å²) in [6, 6.07) is 1.40. The average Bonchev–Trinajstić information content (AvgIpc) is 2.16. The Balaban J connectivity index is 3.48. The second kappa shape index (κ2) is 4.21. The van der Waals surface area contributed by atoms with E-state index >= 15 is 0 Å². The first-order valence-corrected chi connectivity index (χ1v) is 4.33. The number of carboxylic acids is 1. The number of hydrogen-bond acceptors (Lipinski definition) is 2. The fraction of sp³-hybridized carbons (Fsp3) is 0.222. The Hall–Kier alpha value is -1.43. The lowest BCUT2D eigenvalue weighted by molar-refractivity contribution is -0.166. The van der Waals surface area contributed by atoms with Crippen LogP contribution < -0.4 is 4.74 Å². The van der Waals surface area contributed by atoms with Gasteiger partial charge in [-0.15, -0.1) is 0 Å². The molecule has 0 saturated heterocycles. The first kappa shape index (κ1) is 12.6. The summed E-state index contributed by atoms with van der Waals surface area (Å²) in [6.07, 6.45) is 0. The van der Waals surface area contributed by atoms with Crippen LogP contribution in [0.25, 0.3) is 0 Å². The summed E-state index contributed by atoms with van der Waals surface area (Å²) < 4.78 is 43.9. The summed E-state index contributed by atoms with van der Waals surface area (Å²) in [5.74, 6) is -8.66. The molecule has 1 aromatic carbocycles. The number of methoxy groups -OCH3 is 1. The van der Waals surface area contributed by atoms with Gasteiger partial charge in [0.15, 0.2) is 11.6 Å². The SMILES string of the molecule is COc1c(F)cc(Cl)cc1C(F)(F)C(=O)O. The predicted molar refractivity (Wildman–Crippen MR) is 49.5 cm³/mol. The molecule has 0 unspecified atom stereocenters. The van der Waals surface area contributed by atoms with Crippen LogP contribution in [0.4, 0.5) is 13.2 Å². The molecule has 0 atom stereocenters. The monoisotopic (exact) mass is 254 g/mol. The Labute approximate surface area is 93.4 Å². The Morgan fingerprint density at radius 3 is 2.50 bits per heavy atom. The van der Waals surface area contributed by atoms with Crippen molar-refractivity contribution in [3.63, 3.8) is 0 Å². The lowest BCUT2D eigenvalue weighted by Gasteiger charge is -2.15. The molecule has 3 nitrogen and oxygen atoms in total. The van der Waals surface area contributed by atoms with E-state index in [1.165, 1.54) is 0 Å². The molecule has 16 heavy (non-hydrogen) atoms. The first-order valence-electron chi connectivity index (χ1n) is 3.95. The summed E-state index contributed by atoms with van der Waals surface area (Å²) in [5.41, 5.74) is -1.12. The molecular formula is C9H6ClF3O3. The number of carboxylic acid groups (broad SMARTS) is 1. The molecule has 0 fully saturated rings. The van der Waals surface area contributed by atoms with Gasteiger partial charge in [-0.2, -0.15) is 8.78 Å². The number of carbonyl (C=O) groups is 1. The van der Waals surface area contributed by atoms with E-state index in [0.29, 0.717) is 6.07 Å². The van der Waals surface area contributed by atoms with Crippen molar-refractivity contribution in [2.45, 2.75) is 5.92 Å². The van der Waals surface area contributed by atoms with Crippen molar-refractivity contribution in [2.75, 3.05) is 7.11 Å². The minimum absolute atomic E-state index is 0.339. The molecular weight excluding hydrogens is 249 g/mol. The number of rotatable bonds is 3. The van der Waals surface area contributed by atoms with Gasteiger partial charge in [-0.3, -0.25) is 0 Å². The zero-order chi connectivity index (χ0) is 12.5. The van der Waals surface area contributed by atoms with Gasteiger partial charge >= 0.3 is 11.9 Å². The van der Waals surface area contributed by atoms with Gasteiger partial charge < -0.3 is 9.84 Å². The smallest absolute Gasteiger partial charge is 0.379 e. The maximum absolute atomic E-state index is 13.2. The largest absolute Gasteiger partial charge is 0.493 e. The molecule has 0 radical (unpaired) electrons. The van der Waals surface area contributed by atoms with Crippen molar-refractivity contribution in [3.8, 4) is 5.75 Å². The van der Waals surface area contributed by atoms with Crippen molar-refractivity contribution >= 4 is 17.6 Å². The second-order valence-corrected chi connectivity index (χ2v) is 3.28. The minimum atomic E-state index is -4.27. The highest BCUT2D eigenvalue weighted by molar-refractivity contribution is 6.30. The third-order valence-corrected chi connectivity index (χ3v) is 2.04. The molecule has 1 rings (SSSR count). The molecule has 0 heterocycles. The van der Waals surface area contributed by atoms with Crippen LogP contribution in [0.3, 0.4) is 0 Å². The summed E-state index contributed by atoms with van der Waals surface area (Å²) in [6.45, 7) is 0. The zero-order valence-corrected chi connectivity index (χ0v) is 8.69. The second-order valence-electron chi connectivity index (χ2n) is 2.85. The van der Waals surface area contributed by atoms with E-state index in [0.717, 1.165) is 13.2 Å². The fourth-order valence-electron chi connectivity index (χ4n) is 1.12. The van der Waals surface area contributed by atoms with Crippen molar-refractivity contribution < 1.29 is 27.8 Å². The van der Waals surface area contributed by atoms with Gasteiger partial charge in [-0.1, -0.05) is 11.6 Å². The minimum Gasteiger partial charge on any atom is -0.493 e. The molecule has 0 amide bonds. The standard InChI is InChI=1S/C9H6ClF3O3/c1-16-7-5(9(12,13)8(14)15)2-4(10)3-6(7)11/h2-3H,1H3,(H,14,15). The van der Waals surface area contributed by atoms with Gasteiger partial charge in [0.05, 0.1) is 12.7 Å². The maximum Gasteiger partial charge on any atom is 0.379 e. The van der Waals surface area contributed by atoms with Crippen molar-refractivity contribution in [2.24, 2.45) is 0 Å². The quantitative estimate of drug-likeness (QED) is 0.902. The van der Waals surface area contributed by atoms with Gasteiger partial charge in [0.1, 0.15) is 0 Å². The molecule has 1 N–H and O–H groups in total. The van der Waals surface area contributed by atoms with Gasteiger partial charge in [0, 0.05) is 5.02 Å². The summed E-state index contributed by atoms with van der Waals surface area (Å²) in [5, 5.41) is 7.99. The molecule has 0 saturated carbocycles. The number of halogens is 4. The fourth-order valence-corrected chi connectivity index (χ4v) is 1.32. The normalized spacial score (nSPS) is 11.3. The molecule has 1 aromatic rings. The number of aliphatic carboxylic acids is 1. The first-order chi connectivity index (χ1) is 7.30. The topological polar surface area (TPSA) is 46.5 Å². The molecule has 0 spiro atoms. The van der Waals surface area contributed by atoms with E-state index in [9.17, 15) is 18.0 Å². The summed E-state index contributed by atoms with van der Waals surface area (Å²) in [4.78, 5) is 10.3. The highest BCUT2D eigenvalue weighted by Gasteiger charge is 2.44. The lowest BCUT2D eigenvalue weighted by atomic mass is 10.1. The highest BCUT2D eigenvalue weighted by atomic mass is 35.5. The summed E-state index contributed by atoms with van der Waals surface area (Å²) in [7, 11) is 0.952. The summed E-state index contributed by atoms with van der Waals surface area (Å²) >= 11 is 5.37. The highest BCUT2D eigenvalue weighted by Crippen LogP contribution is 2.38. The Bertz CT molecular complexity index is 434. The number of alkyl halides is 2. The van der Waals surface area contributed by atoms with E-state index < -0.39 is 29.0 Å². The predicted octanol–water partition coefficient (Wildman–Crippen LogP) is 2.66. The Morgan fingerprint density at radius 1 is 1.50 bits per heavy atom. The molecule has 0 aliphatic carbocycles. The van der Waals surface area contributed by atoms with Crippen LogP contribution in [0.5, 0.6) is 5.75 Å². The van der Waals surface area contributed by atoms with Gasteiger partial charge in [-0.05, 0) is 12.1 Å². The van der Waals surface area contributed by atoms with Crippen molar-refractivity contribution in [3.05, 3.63) is 28.5 Å². The third-order valence-electron chi connectivity index (χ3n) is 1.82. The molecule has 0 aliphatic heterocycles. The van der Waals surface area contributed by atoms with Crippen LogP contribution in [0.2, 0.25) is 5.02 Å². The average molecular weight is 255 g/mol. The molecule has 7 heteroatoms. The van der Waals surface area contributed by atoms with Crippen LogP contribution in [-0.4, -0.2) is 18.2 Å². The van der Waals surface area contributed by atoms with Crippen LogP contribution in [0.15, 0.2) is 12.1 Å². The van der Waals surface area contributed by atoms with Crippen molar-refractivity contribution in [1.29, 1.82) is 0 Å². The van der Waals surface area contributed by atoms with Crippen LogP contribution in [0.1, 0.15) is 5.56 Å². The van der Waals surface area contributed by atoms with Gasteiger partial charge in [0.25, 0.3) is 0 Å². The Morgan fingerprint density at radius 2 is 2.06 bits per heavy atom. The van der Waals surface area contributed by atoms with E-state index in [-0.39, 0.29) is 5.02 Å². The van der Waals surface area contributed by atoms with Gasteiger partial charge in [0.2, 0.25) is 0 Å². The molecule has 88 valence electrons.